The van der Waals surface area contributed by atoms with Gasteiger partial charge in [0.25, 0.3) is 0 Å². The second-order valence-electron chi connectivity index (χ2n) is 5.08. The van der Waals surface area contributed by atoms with Crippen LogP contribution >= 0.6 is 11.3 Å². The number of rotatable bonds is 3. The predicted molar refractivity (Wildman–Crippen MR) is 66.3 cm³/mol. The molecule has 0 bridgehead atoms. The van der Waals surface area contributed by atoms with E-state index in [9.17, 15) is 0 Å². The molecule has 0 aliphatic carbocycles. The molecule has 6 heteroatoms. The molecule has 0 aromatic carbocycles. The lowest BCUT2D eigenvalue weighted by molar-refractivity contribution is 0.275. The van der Waals surface area contributed by atoms with E-state index in [1.54, 1.807) is 0 Å². The minimum absolute atomic E-state index is 0.225. The van der Waals surface area contributed by atoms with Gasteiger partial charge in [-0.25, -0.2) is 0 Å². The van der Waals surface area contributed by atoms with Gasteiger partial charge in [-0.1, -0.05) is 32.1 Å². The maximum absolute atomic E-state index is 5.98. The van der Waals surface area contributed by atoms with Crippen molar-refractivity contribution in [3.05, 3.63) is 5.01 Å². The van der Waals surface area contributed by atoms with Crippen LogP contribution in [0.1, 0.15) is 25.8 Å². The molecule has 0 aliphatic heterocycles. The Labute approximate surface area is 96.0 Å². The lowest BCUT2D eigenvalue weighted by Gasteiger charge is -2.35. The Hall–Kier alpha value is -0.463. The maximum atomic E-state index is 5.98. The molecule has 0 saturated heterocycles. The molecule has 4 nitrogen and oxygen atoms in total. The van der Waals surface area contributed by atoms with Crippen LogP contribution in [0.4, 0.5) is 5.13 Å². The molecular formula is C9H19N3OSSi. The van der Waals surface area contributed by atoms with Crippen LogP contribution in [0, 0.1) is 0 Å². The molecule has 0 radical (unpaired) electrons. The second-order valence-corrected chi connectivity index (χ2v) is 11.0. The monoisotopic (exact) mass is 245 g/mol. The lowest BCUT2D eigenvalue weighted by Crippen LogP contribution is -2.40. The maximum Gasteiger partial charge on any atom is 0.203 e. The van der Waals surface area contributed by atoms with Crippen LogP contribution in [0.5, 0.6) is 0 Å². The summed E-state index contributed by atoms with van der Waals surface area (Å²) in [6, 6.07) is 0. The molecule has 0 unspecified atom stereocenters. The van der Waals surface area contributed by atoms with Gasteiger partial charge in [0.2, 0.25) is 5.13 Å². The Morgan fingerprint density at radius 1 is 1.33 bits per heavy atom. The second kappa shape index (κ2) is 4.19. The number of aromatic nitrogens is 2. The van der Waals surface area contributed by atoms with E-state index in [-0.39, 0.29) is 5.04 Å². The van der Waals surface area contributed by atoms with Gasteiger partial charge in [0, 0.05) is 0 Å². The van der Waals surface area contributed by atoms with Crippen LogP contribution in [0.2, 0.25) is 18.1 Å². The first-order valence-corrected chi connectivity index (χ1v) is 8.67. The van der Waals surface area contributed by atoms with E-state index in [0.29, 0.717) is 11.7 Å². The molecule has 0 amide bonds. The average Bonchev–Trinajstić information content (AvgIpc) is 2.46. The van der Waals surface area contributed by atoms with Gasteiger partial charge in [-0.15, -0.1) is 10.2 Å². The predicted octanol–water partition coefficient (Wildman–Crippen LogP) is 2.64. The highest BCUT2D eigenvalue weighted by Crippen LogP contribution is 2.37. The summed E-state index contributed by atoms with van der Waals surface area (Å²) >= 11 is 1.39. The molecular weight excluding hydrogens is 226 g/mol. The molecule has 15 heavy (non-hydrogen) atoms. The van der Waals surface area contributed by atoms with Crippen LogP contribution < -0.4 is 5.73 Å². The van der Waals surface area contributed by atoms with Gasteiger partial charge in [-0.3, -0.25) is 0 Å². The molecule has 1 aromatic rings. The highest BCUT2D eigenvalue weighted by atomic mass is 32.1. The fourth-order valence-electron chi connectivity index (χ4n) is 0.784. The Kier molecular flexibility index (Phi) is 3.52. The van der Waals surface area contributed by atoms with E-state index in [2.05, 4.69) is 44.1 Å². The fourth-order valence-corrected chi connectivity index (χ4v) is 2.34. The highest BCUT2D eigenvalue weighted by molar-refractivity contribution is 7.15. The summed E-state index contributed by atoms with van der Waals surface area (Å²) < 4.78 is 5.98. The summed E-state index contributed by atoms with van der Waals surface area (Å²) in [5, 5.41) is 9.29. The molecule has 1 heterocycles. The number of nitrogens with zero attached hydrogens (tertiary/aromatic N) is 2. The van der Waals surface area contributed by atoms with E-state index < -0.39 is 8.32 Å². The summed E-state index contributed by atoms with van der Waals surface area (Å²) in [7, 11) is -1.68. The zero-order chi connectivity index (χ0) is 11.7. The number of anilines is 1. The third kappa shape index (κ3) is 3.25. The lowest BCUT2D eigenvalue weighted by atomic mass is 10.2. The molecule has 2 N–H and O–H groups in total. The SMILES string of the molecule is CC(C)(C)[Si](C)(C)OCc1nnc(N)s1. The van der Waals surface area contributed by atoms with E-state index in [1.807, 2.05) is 0 Å². The number of nitrogen functional groups attached to an aromatic ring is 1. The van der Waals surface area contributed by atoms with Gasteiger partial charge in [0.05, 0.1) is 6.61 Å². The van der Waals surface area contributed by atoms with Gasteiger partial charge in [0.15, 0.2) is 8.32 Å². The van der Waals surface area contributed by atoms with Crippen LogP contribution in [-0.2, 0) is 11.0 Å². The molecule has 0 fully saturated rings. The molecule has 0 atom stereocenters. The zero-order valence-corrected chi connectivity index (χ0v) is 11.8. The van der Waals surface area contributed by atoms with E-state index in [4.69, 9.17) is 10.2 Å². The first-order chi connectivity index (χ1) is 6.72. The molecule has 1 rings (SSSR count). The van der Waals surface area contributed by atoms with Crippen molar-refractivity contribution in [2.24, 2.45) is 0 Å². The van der Waals surface area contributed by atoms with Gasteiger partial charge in [-0.2, -0.15) is 0 Å². The van der Waals surface area contributed by atoms with Crippen molar-refractivity contribution < 1.29 is 4.43 Å². The van der Waals surface area contributed by atoms with Crippen molar-refractivity contribution in [1.29, 1.82) is 0 Å². The quantitative estimate of drug-likeness (QED) is 0.832. The van der Waals surface area contributed by atoms with Gasteiger partial charge in [-0.05, 0) is 18.1 Å². The van der Waals surface area contributed by atoms with Crippen LogP contribution in [-0.4, -0.2) is 18.5 Å². The standard InChI is InChI=1S/C9H19N3OSSi/c1-9(2,3)15(4,5)13-6-7-11-12-8(10)14-7/h6H2,1-5H3,(H2,10,12). The smallest absolute Gasteiger partial charge is 0.203 e. The topological polar surface area (TPSA) is 61.0 Å². The summed E-state index contributed by atoms with van der Waals surface area (Å²) in [6.07, 6.45) is 0. The van der Waals surface area contributed by atoms with Crippen molar-refractivity contribution in [2.45, 2.75) is 45.5 Å². The minimum Gasteiger partial charge on any atom is -0.410 e. The highest BCUT2D eigenvalue weighted by Gasteiger charge is 2.37. The minimum atomic E-state index is -1.68. The molecule has 1 aromatic heterocycles. The van der Waals surface area contributed by atoms with E-state index >= 15 is 0 Å². The van der Waals surface area contributed by atoms with Crippen molar-refractivity contribution in [2.75, 3.05) is 5.73 Å². The first kappa shape index (κ1) is 12.6. The van der Waals surface area contributed by atoms with E-state index in [1.165, 1.54) is 11.3 Å². The summed E-state index contributed by atoms with van der Waals surface area (Å²) in [5.41, 5.74) is 5.50. The summed E-state index contributed by atoms with van der Waals surface area (Å²) in [6.45, 7) is 11.6. The van der Waals surface area contributed by atoms with Crippen LogP contribution in [0.25, 0.3) is 0 Å². The summed E-state index contributed by atoms with van der Waals surface area (Å²) in [4.78, 5) is 0. The van der Waals surface area contributed by atoms with Crippen molar-refractivity contribution >= 4 is 24.8 Å². The largest absolute Gasteiger partial charge is 0.410 e. The first-order valence-electron chi connectivity index (χ1n) is 4.94. The van der Waals surface area contributed by atoms with Crippen molar-refractivity contribution in [1.82, 2.24) is 10.2 Å². The number of hydrogen-bond donors (Lipinski definition) is 1. The Bertz CT molecular complexity index is 332. The van der Waals surface area contributed by atoms with Crippen LogP contribution in [0.3, 0.4) is 0 Å². The van der Waals surface area contributed by atoms with Crippen LogP contribution in [0.15, 0.2) is 0 Å². The Morgan fingerprint density at radius 3 is 2.33 bits per heavy atom. The number of nitrogens with two attached hydrogens (primary N) is 1. The number of hydrogen-bond acceptors (Lipinski definition) is 5. The normalized spacial score (nSPS) is 13.1. The van der Waals surface area contributed by atoms with Gasteiger partial charge in [0.1, 0.15) is 5.01 Å². The molecule has 0 saturated carbocycles. The third-order valence-corrected chi connectivity index (χ3v) is 8.05. The zero-order valence-electron chi connectivity index (χ0n) is 10.00. The Morgan fingerprint density at radius 2 is 1.93 bits per heavy atom. The van der Waals surface area contributed by atoms with Crippen molar-refractivity contribution in [3.8, 4) is 0 Å². The average molecular weight is 245 g/mol. The molecule has 0 spiro atoms. The summed E-state index contributed by atoms with van der Waals surface area (Å²) in [5.74, 6) is 0. The van der Waals surface area contributed by atoms with E-state index in [0.717, 1.165) is 5.01 Å². The van der Waals surface area contributed by atoms with Gasteiger partial charge < -0.3 is 10.2 Å². The Balaban J connectivity index is 2.57. The molecule has 0 aliphatic rings. The van der Waals surface area contributed by atoms with Gasteiger partial charge >= 0.3 is 0 Å². The van der Waals surface area contributed by atoms with Crippen molar-refractivity contribution in [3.63, 3.8) is 0 Å². The fraction of sp³-hybridized carbons (Fsp3) is 0.778. The molecule has 86 valence electrons. The third-order valence-electron chi connectivity index (χ3n) is 2.85.